The maximum atomic E-state index is 10.6. The third-order valence-corrected chi connectivity index (χ3v) is 1.30. The first-order chi connectivity index (χ1) is 6.50. The maximum absolute atomic E-state index is 10.6. The fourth-order valence-corrected chi connectivity index (χ4v) is 0.604. The summed E-state index contributed by atoms with van der Waals surface area (Å²) in [5.41, 5.74) is 4.95. The number of carbonyl (C=O) groups is 1. The number of halogens is 3. The third-order valence-electron chi connectivity index (χ3n) is 0.690. The fraction of sp³-hybridized carbons (Fsp3) is 0.750. The van der Waals surface area contributed by atoms with E-state index in [-0.39, 0.29) is 13.1 Å². The number of alkyl halides is 3. The first-order valence-corrected chi connectivity index (χ1v) is 4.83. The van der Waals surface area contributed by atoms with Crippen molar-refractivity contribution in [1.82, 2.24) is 4.72 Å². The van der Waals surface area contributed by atoms with Gasteiger partial charge in [0.2, 0.25) is 0 Å². The molecule has 0 heterocycles. The van der Waals surface area contributed by atoms with Crippen molar-refractivity contribution in [2.75, 3.05) is 13.1 Å². The predicted octanol–water partition coefficient (Wildman–Crippen LogP) is -1.63. The molecule has 0 atom stereocenters. The van der Waals surface area contributed by atoms with Crippen LogP contribution in [-0.4, -0.2) is 38.8 Å². The van der Waals surface area contributed by atoms with Crippen molar-refractivity contribution in [3.8, 4) is 0 Å². The van der Waals surface area contributed by atoms with Gasteiger partial charge in [-0.05, 0) is 0 Å². The van der Waals surface area contributed by atoms with E-state index in [1.807, 2.05) is 4.72 Å². The molecule has 0 saturated heterocycles. The second kappa shape index (κ2) is 6.55. The van der Waals surface area contributed by atoms with Gasteiger partial charge >= 0.3 is 12.1 Å². The zero-order valence-electron chi connectivity index (χ0n) is 7.28. The minimum absolute atomic E-state index is 0.193. The van der Waals surface area contributed by atoms with Crippen molar-refractivity contribution in [3.63, 3.8) is 0 Å². The molecule has 0 aromatic heterocycles. The van der Waals surface area contributed by atoms with Crippen LogP contribution in [-0.2, 0) is 15.0 Å². The zero-order chi connectivity index (χ0) is 12.7. The Morgan fingerprint density at radius 3 is 1.80 bits per heavy atom. The zero-order valence-corrected chi connectivity index (χ0v) is 8.10. The Labute approximate surface area is 83.4 Å². The summed E-state index contributed by atoms with van der Waals surface area (Å²) in [6, 6.07) is 0. The molecule has 0 aromatic carbocycles. The molecular formula is C4H10F3N3O4S. The van der Waals surface area contributed by atoms with Gasteiger partial charge in [0.15, 0.2) is 0 Å². The van der Waals surface area contributed by atoms with Gasteiger partial charge in [0.05, 0.1) is 0 Å². The quantitative estimate of drug-likeness (QED) is 0.479. The van der Waals surface area contributed by atoms with Crippen LogP contribution in [0.5, 0.6) is 0 Å². The summed E-state index contributed by atoms with van der Waals surface area (Å²) >= 11 is 0. The molecule has 0 saturated carbocycles. The van der Waals surface area contributed by atoms with Gasteiger partial charge in [-0.2, -0.15) is 21.6 Å². The number of nitrogens with one attached hydrogen (secondary N) is 1. The summed E-state index contributed by atoms with van der Waals surface area (Å²) in [5, 5.41) is 11.7. The maximum Gasteiger partial charge on any atom is 0.490 e. The molecule has 6 N–H and O–H groups in total. The SMILES string of the molecule is NCCNS(N)(=O)=O.O=C(O)C(F)(F)F. The van der Waals surface area contributed by atoms with E-state index in [4.69, 9.17) is 15.6 Å². The van der Waals surface area contributed by atoms with Crippen LogP contribution < -0.4 is 15.6 Å². The lowest BCUT2D eigenvalue weighted by Crippen LogP contribution is -2.34. The average Bonchev–Trinajstić information content (AvgIpc) is 1.98. The number of hydrogen-bond donors (Lipinski definition) is 4. The van der Waals surface area contributed by atoms with Crippen molar-refractivity contribution in [2.24, 2.45) is 10.9 Å². The standard InChI is InChI=1S/C2HF3O2.C2H9N3O2S/c3-2(4,5)1(6)7;3-1-2-5-8(4,6)7/h(H,6,7);5H,1-3H2,(H2,4,6,7). The second-order valence-corrected chi connectivity index (χ2v) is 3.41. The molecule has 0 amide bonds. The van der Waals surface area contributed by atoms with Crippen molar-refractivity contribution >= 4 is 16.2 Å². The first kappa shape index (κ1) is 16.5. The number of carboxylic acids is 1. The lowest BCUT2D eigenvalue weighted by atomic mass is 10.7. The van der Waals surface area contributed by atoms with Crippen LogP contribution in [0.3, 0.4) is 0 Å². The highest BCUT2D eigenvalue weighted by atomic mass is 32.2. The Morgan fingerprint density at radius 2 is 1.73 bits per heavy atom. The van der Waals surface area contributed by atoms with E-state index in [9.17, 15) is 21.6 Å². The van der Waals surface area contributed by atoms with Crippen LogP contribution in [0, 0.1) is 0 Å². The van der Waals surface area contributed by atoms with Crippen molar-refractivity contribution < 1.29 is 31.5 Å². The molecule has 0 aliphatic heterocycles. The van der Waals surface area contributed by atoms with Crippen LogP contribution in [0.15, 0.2) is 0 Å². The summed E-state index contributed by atoms with van der Waals surface area (Å²) in [6.45, 7) is 0.454. The molecule has 15 heavy (non-hydrogen) atoms. The van der Waals surface area contributed by atoms with Gasteiger partial charge in [0, 0.05) is 13.1 Å². The molecule has 0 rings (SSSR count). The monoisotopic (exact) mass is 253 g/mol. The lowest BCUT2D eigenvalue weighted by molar-refractivity contribution is -0.192. The molecule has 0 unspecified atom stereocenters. The molecule has 0 fully saturated rings. The van der Waals surface area contributed by atoms with Crippen LogP contribution in [0.4, 0.5) is 13.2 Å². The predicted molar refractivity (Wildman–Crippen MR) is 43.9 cm³/mol. The highest BCUT2D eigenvalue weighted by molar-refractivity contribution is 7.87. The number of aliphatic carboxylic acids is 1. The molecule has 0 bridgehead atoms. The van der Waals surface area contributed by atoms with Crippen LogP contribution >= 0.6 is 0 Å². The Hall–Kier alpha value is -0.910. The van der Waals surface area contributed by atoms with Gasteiger partial charge in [-0.3, -0.25) is 0 Å². The molecule has 11 heteroatoms. The van der Waals surface area contributed by atoms with Crippen LogP contribution in [0.25, 0.3) is 0 Å². The molecule has 0 aliphatic rings. The molecule has 0 spiro atoms. The van der Waals surface area contributed by atoms with Crippen molar-refractivity contribution in [1.29, 1.82) is 0 Å². The molecule has 0 aliphatic carbocycles. The van der Waals surface area contributed by atoms with Gasteiger partial charge in [-0.25, -0.2) is 14.7 Å². The van der Waals surface area contributed by atoms with Gasteiger partial charge in [-0.15, -0.1) is 0 Å². The Morgan fingerprint density at radius 1 is 1.40 bits per heavy atom. The van der Waals surface area contributed by atoms with Gasteiger partial charge in [0.25, 0.3) is 10.2 Å². The third kappa shape index (κ3) is 15.8. The largest absolute Gasteiger partial charge is 0.490 e. The molecule has 0 aromatic rings. The first-order valence-electron chi connectivity index (χ1n) is 3.28. The summed E-state index contributed by atoms with van der Waals surface area (Å²) in [4.78, 5) is 8.90. The number of rotatable bonds is 3. The minimum atomic E-state index is -5.08. The van der Waals surface area contributed by atoms with E-state index in [1.165, 1.54) is 0 Å². The lowest BCUT2D eigenvalue weighted by Gasteiger charge is -1.95. The van der Waals surface area contributed by atoms with E-state index in [2.05, 4.69) is 5.14 Å². The van der Waals surface area contributed by atoms with Crippen LogP contribution in [0.1, 0.15) is 0 Å². The number of carboxylic acid groups (broad SMARTS) is 1. The molecule has 0 radical (unpaired) electrons. The van der Waals surface area contributed by atoms with Crippen LogP contribution in [0.2, 0.25) is 0 Å². The van der Waals surface area contributed by atoms with E-state index in [0.29, 0.717) is 0 Å². The Bertz CT molecular complexity index is 288. The van der Waals surface area contributed by atoms with Crippen molar-refractivity contribution in [3.05, 3.63) is 0 Å². The van der Waals surface area contributed by atoms with E-state index in [0.717, 1.165) is 0 Å². The summed E-state index contributed by atoms with van der Waals surface area (Å²) < 4.78 is 53.7. The van der Waals surface area contributed by atoms with Gasteiger partial charge in [0.1, 0.15) is 0 Å². The molecular weight excluding hydrogens is 243 g/mol. The minimum Gasteiger partial charge on any atom is -0.475 e. The topological polar surface area (TPSA) is 136 Å². The summed E-state index contributed by atoms with van der Waals surface area (Å²) in [6.07, 6.45) is -5.08. The smallest absolute Gasteiger partial charge is 0.475 e. The average molecular weight is 253 g/mol. The van der Waals surface area contributed by atoms with Gasteiger partial charge in [-0.1, -0.05) is 0 Å². The van der Waals surface area contributed by atoms with Crippen molar-refractivity contribution in [2.45, 2.75) is 6.18 Å². The second-order valence-electron chi connectivity index (χ2n) is 2.03. The highest BCUT2D eigenvalue weighted by Crippen LogP contribution is 2.13. The van der Waals surface area contributed by atoms with E-state index >= 15 is 0 Å². The fourth-order valence-electron chi connectivity index (χ4n) is 0.201. The Balaban J connectivity index is 0. The molecule has 7 nitrogen and oxygen atoms in total. The normalized spacial score (nSPS) is 11.5. The van der Waals surface area contributed by atoms with E-state index in [1.54, 1.807) is 0 Å². The summed E-state index contributed by atoms with van der Waals surface area (Å²) in [7, 11) is -3.52. The van der Waals surface area contributed by atoms with Gasteiger partial charge < -0.3 is 10.8 Å². The Kier molecular flexibility index (Phi) is 7.21. The molecule has 92 valence electrons. The number of hydrogen-bond acceptors (Lipinski definition) is 4. The summed E-state index contributed by atoms with van der Waals surface area (Å²) in [5.74, 6) is -2.76. The number of nitrogens with two attached hydrogens (primary N) is 2. The highest BCUT2D eigenvalue weighted by Gasteiger charge is 2.38. The van der Waals surface area contributed by atoms with E-state index < -0.39 is 22.4 Å².